The van der Waals surface area contributed by atoms with E-state index < -0.39 is 17.9 Å². The van der Waals surface area contributed by atoms with E-state index in [1.165, 1.54) is 6.08 Å². The highest BCUT2D eigenvalue weighted by Crippen LogP contribution is 2.28. The fourth-order valence-electron chi connectivity index (χ4n) is 3.20. The van der Waals surface area contributed by atoms with Gasteiger partial charge in [0, 0.05) is 11.1 Å². The summed E-state index contributed by atoms with van der Waals surface area (Å²) in [5.74, 6) is -0.185. The summed E-state index contributed by atoms with van der Waals surface area (Å²) in [4.78, 5) is 40.1. The molecule has 1 unspecified atom stereocenters. The van der Waals surface area contributed by atoms with Crippen LogP contribution in [0.15, 0.2) is 64.8 Å². The summed E-state index contributed by atoms with van der Waals surface area (Å²) in [6, 6.07) is 16.2. The maximum absolute atomic E-state index is 13.0. The molecule has 1 aliphatic rings. The van der Waals surface area contributed by atoms with Gasteiger partial charge in [0.15, 0.2) is 11.5 Å². The van der Waals surface area contributed by atoms with Crippen LogP contribution in [0.1, 0.15) is 40.2 Å². The number of aromatic nitrogens is 1. The first-order valence-electron chi connectivity index (χ1n) is 9.34. The van der Waals surface area contributed by atoms with E-state index in [-0.39, 0.29) is 11.5 Å². The smallest absolute Gasteiger partial charge is 0.419 e. The Bertz CT molecular complexity index is 1160. The molecule has 1 N–H and O–H groups in total. The van der Waals surface area contributed by atoms with Gasteiger partial charge in [0.1, 0.15) is 5.76 Å². The second-order valence-corrected chi connectivity index (χ2v) is 6.89. The van der Waals surface area contributed by atoms with Crippen LogP contribution in [-0.4, -0.2) is 22.8 Å². The Morgan fingerprint density at radius 2 is 1.77 bits per heavy atom. The number of hydrogen-bond acceptors (Lipinski definition) is 6. The number of benzene rings is 2. The van der Waals surface area contributed by atoms with Crippen LogP contribution in [0.25, 0.3) is 17.5 Å². The zero-order valence-corrected chi connectivity index (χ0v) is 16.3. The number of nitrogens with one attached hydrogen (secondary N) is 1. The first-order chi connectivity index (χ1) is 14.4. The van der Waals surface area contributed by atoms with Crippen LogP contribution in [-0.2, 0) is 9.53 Å². The largest absolute Gasteiger partial charge is 0.441 e. The van der Waals surface area contributed by atoms with Gasteiger partial charge in [-0.15, -0.1) is 0 Å². The van der Waals surface area contributed by atoms with Crippen LogP contribution in [0.4, 0.5) is 4.79 Å². The van der Waals surface area contributed by atoms with Gasteiger partial charge in [0.25, 0.3) is 5.91 Å². The number of aryl methyl sites for hydroxylation is 1. The van der Waals surface area contributed by atoms with Gasteiger partial charge < -0.3 is 9.15 Å². The zero-order chi connectivity index (χ0) is 21.3. The first-order valence-corrected chi connectivity index (χ1v) is 9.34. The fourth-order valence-corrected chi connectivity index (χ4v) is 3.20. The number of carbonyl (C=O) groups excluding carboxylic acids is 3. The molecular weight excluding hydrogens is 384 g/mol. The second kappa shape index (κ2) is 7.79. The van der Waals surface area contributed by atoms with Crippen molar-refractivity contribution in [3.05, 3.63) is 82.9 Å². The Labute approximate surface area is 172 Å². The Kier molecular flexibility index (Phi) is 5.02. The summed E-state index contributed by atoms with van der Waals surface area (Å²) < 4.78 is 10.5. The Morgan fingerprint density at radius 3 is 2.40 bits per heavy atom. The van der Waals surface area contributed by atoms with Crippen molar-refractivity contribution in [3.8, 4) is 11.5 Å². The summed E-state index contributed by atoms with van der Waals surface area (Å²) in [6.45, 7) is 3.59. The molecule has 2 aromatic carbocycles. The molecule has 150 valence electrons. The fraction of sp³-hybridized carbons (Fsp3) is 0.130. The Morgan fingerprint density at radius 1 is 1.07 bits per heavy atom. The van der Waals surface area contributed by atoms with Gasteiger partial charge in [-0.25, -0.2) is 9.78 Å². The van der Waals surface area contributed by atoms with Crippen molar-refractivity contribution in [2.75, 3.05) is 0 Å². The highest BCUT2D eigenvalue weighted by molar-refractivity contribution is 6.10. The molecule has 2 heterocycles. The van der Waals surface area contributed by atoms with Crippen LogP contribution in [0.5, 0.6) is 0 Å². The van der Waals surface area contributed by atoms with Crippen molar-refractivity contribution in [2.45, 2.75) is 19.8 Å². The number of ketones is 1. The lowest BCUT2D eigenvalue weighted by molar-refractivity contribution is -0.116. The third kappa shape index (κ3) is 3.77. The number of Topliss-reactive ketones (excluding diaryl/α,β-unsaturated/α-hetero) is 1. The third-order valence-corrected chi connectivity index (χ3v) is 4.79. The summed E-state index contributed by atoms with van der Waals surface area (Å²) in [5, 5.41) is 2.03. The minimum absolute atomic E-state index is 0.0842. The number of nitrogens with zero attached hydrogens (tertiary/aromatic N) is 1. The van der Waals surface area contributed by atoms with Crippen molar-refractivity contribution in [1.82, 2.24) is 10.3 Å². The SMILES string of the molecule is Cc1oc(-c2ccccc2)nc1C(C)C(=O)c1ccc(/C=C2/OC(=O)NC2=O)cc1. The van der Waals surface area contributed by atoms with E-state index in [2.05, 4.69) is 4.98 Å². The molecule has 1 fully saturated rings. The minimum atomic E-state index is -0.801. The van der Waals surface area contributed by atoms with Crippen molar-refractivity contribution in [1.29, 1.82) is 0 Å². The zero-order valence-electron chi connectivity index (χ0n) is 16.3. The molecule has 1 aliphatic heterocycles. The number of hydrogen-bond donors (Lipinski definition) is 1. The summed E-state index contributed by atoms with van der Waals surface area (Å²) in [7, 11) is 0. The van der Waals surface area contributed by atoms with E-state index in [4.69, 9.17) is 9.15 Å². The van der Waals surface area contributed by atoms with E-state index in [9.17, 15) is 14.4 Å². The van der Waals surface area contributed by atoms with Crippen molar-refractivity contribution < 1.29 is 23.5 Å². The molecular formula is C23H18N2O5. The normalized spacial score (nSPS) is 15.7. The van der Waals surface area contributed by atoms with Gasteiger partial charge in [-0.2, -0.15) is 0 Å². The van der Waals surface area contributed by atoms with Crippen molar-refractivity contribution in [2.24, 2.45) is 0 Å². The van der Waals surface area contributed by atoms with Gasteiger partial charge in [0.2, 0.25) is 5.89 Å². The van der Waals surface area contributed by atoms with E-state index in [1.54, 1.807) is 38.1 Å². The molecule has 0 saturated carbocycles. The molecule has 4 rings (SSSR count). The summed E-state index contributed by atoms with van der Waals surface area (Å²) in [5.41, 5.74) is 2.57. The lowest BCUT2D eigenvalue weighted by Gasteiger charge is -2.08. The average Bonchev–Trinajstić information content (AvgIpc) is 3.29. The van der Waals surface area contributed by atoms with Crippen molar-refractivity contribution >= 4 is 23.9 Å². The highest BCUT2D eigenvalue weighted by atomic mass is 16.6. The number of rotatable bonds is 5. The van der Waals surface area contributed by atoms with Crippen LogP contribution in [0.2, 0.25) is 0 Å². The van der Waals surface area contributed by atoms with E-state index in [1.807, 2.05) is 35.6 Å². The van der Waals surface area contributed by atoms with Gasteiger partial charge in [-0.1, -0.05) is 42.5 Å². The quantitative estimate of drug-likeness (QED) is 0.506. The van der Waals surface area contributed by atoms with Crippen LogP contribution in [0, 0.1) is 6.92 Å². The summed E-state index contributed by atoms with van der Waals surface area (Å²) in [6.07, 6.45) is 0.635. The third-order valence-electron chi connectivity index (χ3n) is 4.79. The molecule has 30 heavy (non-hydrogen) atoms. The number of imide groups is 1. The van der Waals surface area contributed by atoms with E-state index in [0.717, 1.165) is 5.56 Å². The van der Waals surface area contributed by atoms with Crippen LogP contribution in [0.3, 0.4) is 0 Å². The van der Waals surface area contributed by atoms with Gasteiger partial charge in [0.05, 0.1) is 11.6 Å². The number of amides is 2. The maximum atomic E-state index is 13.0. The van der Waals surface area contributed by atoms with Crippen LogP contribution >= 0.6 is 0 Å². The molecule has 7 nitrogen and oxygen atoms in total. The topological polar surface area (TPSA) is 98.5 Å². The molecule has 3 aromatic rings. The number of cyclic esters (lactones) is 1. The summed E-state index contributed by atoms with van der Waals surface area (Å²) >= 11 is 0. The number of ether oxygens (including phenoxy) is 1. The predicted octanol–water partition coefficient (Wildman–Crippen LogP) is 4.24. The van der Waals surface area contributed by atoms with Gasteiger partial charge >= 0.3 is 6.09 Å². The lowest BCUT2D eigenvalue weighted by atomic mass is 9.95. The molecule has 0 spiro atoms. The predicted molar refractivity (Wildman–Crippen MR) is 108 cm³/mol. The average molecular weight is 402 g/mol. The minimum Gasteiger partial charge on any atom is -0.441 e. The van der Waals surface area contributed by atoms with Gasteiger partial charge in [-0.05, 0) is 37.6 Å². The molecule has 0 aliphatic carbocycles. The monoisotopic (exact) mass is 402 g/mol. The molecule has 1 aromatic heterocycles. The lowest BCUT2D eigenvalue weighted by Crippen LogP contribution is -2.18. The molecule has 2 amide bonds. The molecule has 0 bridgehead atoms. The maximum Gasteiger partial charge on any atom is 0.419 e. The molecule has 7 heteroatoms. The molecule has 1 saturated heterocycles. The van der Waals surface area contributed by atoms with Crippen molar-refractivity contribution in [3.63, 3.8) is 0 Å². The Balaban J connectivity index is 1.53. The highest BCUT2D eigenvalue weighted by Gasteiger charge is 2.26. The molecule has 0 radical (unpaired) electrons. The Hall–Kier alpha value is -4.00. The number of carbonyl (C=O) groups is 3. The number of alkyl carbamates (subject to hydrolysis) is 1. The second-order valence-electron chi connectivity index (χ2n) is 6.89. The van der Waals surface area contributed by atoms with Gasteiger partial charge in [-0.3, -0.25) is 14.9 Å². The standard InChI is InChI=1S/C23H18N2O5/c1-13(19-14(2)29-22(24-19)17-6-4-3-5-7-17)20(26)16-10-8-15(9-11-16)12-18-21(27)25-23(28)30-18/h3-13H,1-2H3,(H,25,27,28)/b18-12+. The van der Waals surface area contributed by atoms with E-state index >= 15 is 0 Å². The van der Waals surface area contributed by atoms with E-state index in [0.29, 0.717) is 28.5 Å². The first kappa shape index (κ1) is 19.3. The molecule has 1 atom stereocenters. The number of oxazole rings is 1. The van der Waals surface area contributed by atoms with Crippen LogP contribution < -0.4 is 5.32 Å².